The van der Waals surface area contributed by atoms with E-state index in [0.29, 0.717) is 6.42 Å². The third-order valence-electron chi connectivity index (χ3n) is 5.58. The zero-order valence-electron chi connectivity index (χ0n) is 24.7. The highest BCUT2D eigenvalue weighted by Crippen LogP contribution is 2.04. The predicted molar refractivity (Wildman–Crippen MR) is 157 cm³/mol. The molecule has 15 nitrogen and oxygen atoms in total. The number of benzene rings is 2. The highest BCUT2D eigenvalue weighted by Gasteiger charge is 2.25. The first-order valence-corrected chi connectivity index (χ1v) is 13.1. The van der Waals surface area contributed by atoms with E-state index < -0.39 is 59.9 Å². The molecule has 0 aliphatic heterocycles. The van der Waals surface area contributed by atoms with Crippen molar-refractivity contribution in [3.05, 3.63) is 71.8 Å². The summed E-state index contributed by atoms with van der Waals surface area (Å²) in [6.45, 7) is 0. The molecule has 0 aromatic heterocycles. The van der Waals surface area contributed by atoms with Crippen molar-refractivity contribution >= 4 is 35.8 Å². The molecule has 242 valence electrons. The number of ether oxygens (including phenoxy) is 3. The van der Waals surface area contributed by atoms with E-state index in [1.807, 2.05) is 36.4 Å². The Hall–Kier alpha value is -4.86. The second kappa shape index (κ2) is 21.8. The van der Waals surface area contributed by atoms with E-state index in [2.05, 4.69) is 19.5 Å². The van der Waals surface area contributed by atoms with Gasteiger partial charge in [0.1, 0.15) is 18.1 Å². The van der Waals surface area contributed by atoms with Crippen molar-refractivity contribution in [1.29, 1.82) is 0 Å². The van der Waals surface area contributed by atoms with Gasteiger partial charge in [0, 0.05) is 6.42 Å². The minimum absolute atomic E-state index is 0.132. The first-order valence-electron chi connectivity index (χ1n) is 13.1. The Morgan fingerprint density at radius 2 is 1.07 bits per heavy atom. The molecule has 4 unspecified atom stereocenters. The lowest BCUT2D eigenvalue weighted by Gasteiger charge is -2.17. The average Bonchev–Trinajstić information content (AvgIpc) is 3.01. The van der Waals surface area contributed by atoms with Crippen LogP contribution in [-0.2, 0) is 55.8 Å². The van der Waals surface area contributed by atoms with E-state index in [4.69, 9.17) is 27.4 Å². The monoisotopic (exact) mass is 620 g/mol. The van der Waals surface area contributed by atoms with Crippen LogP contribution in [0.1, 0.15) is 24.0 Å². The maximum absolute atomic E-state index is 11.8. The Morgan fingerprint density at radius 3 is 1.45 bits per heavy atom. The third kappa shape index (κ3) is 17.2. The number of nitrogens with two attached hydrogens (primary N) is 3. The van der Waals surface area contributed by atoms with Crippen LogP contribution in [0.4, 0.5) is 0 Å². The molecule has 0 saturated carbocycles. The highest BCUT2D eigenvalue weighted by molar-refractivity contribution is 5.89. The van der Waals surface area contributed by atoms with Crippen LogP contribution in [-0.4, -0.2) is 91.5 Å². The summed E-state index contributed by atoms with van der Waals surface area (Å²) in [6.07, 6.45) is 0.0617. The van der Waals surface area contributed by atoms with Gasteiger partial charge in [0.05, 0.1) is 40.2 Å². The number of hydrogen-bond acceptors (Lipinski definition) is 12. The van der Waals surface area contributed by atoms with Gasteiger partial charge in [-0.15, -0.1) is 0 Å². The Morgan fingerprint density at radius 1 is 0.636 bits per heavy atom. The van der Waals surface area contributed by atoms with Crippen LogP contribution >= 0.6 is 0 Å². The zero-order valence-corrected chi connectivity index (χ0v) is 24.7. The molecule has 0 spiro atoms. The summed E-state index contributed by atoms with van der Waals surface area (Å²) >= 11 is 0. The number of carboxylic acids is 2. The van der Waals surface area contributed by atoms with E-state index in [9.17, 15) is 28.8 Å². The Bertz CT molecular complexity index is 1200. The van der Waals surface area contributed by atoms with Crippen LogP contribution in [0, 0.1) is 0 Å². The zero-order chi connectivity index (χ0) is 33.7. The fraction of sp³-hybridized carbons (Fsp3) is 0.379. The molecule has 2 aromatic rings. The van der Waals surface area contributed by atoms with Crippen LogP contribution < -0.4 is 22.5 Å². The lowest BCUT2D eigenvalue weighted by molar-refractivity contribution is -0.148. The lowest BCUT2D eigenvalue weighted by Crippen LogP contribution is -2.50. The second-order valence-corrected chi connectivity index (χ2v) is 9.02. The summed E-state index contributed by atoms with van der Waals surface area (Å²) in [6, 6.07) is 14.3. The smallest absolute Gasteiger partial charge is 0.326 e. The highest BCUT2D eigenvalue weighted by atomic mass is 16.5. The summed E-state index contributed by atoms with van der Waals surface area (Å²) in [5.74, 6) is -4.61. The van der Waals surface area contributed by atoms with Crippen molar-refractivity contribution in [2.45, 2.75) is 49.9 Å². The van der Waals surface area contributed by atoms with Crippen molar-refractivity contribution in [2.75, 3.05) is 21.3 Å². The Labute approximate surface area is 254 Å². The summed E-state index contributed by atoms with van der Waals surface area (Å²) in [4.78, 5) is 65.5. The Balaban J connectivity index is 0.000000684. The number of esters is 3. The van der Waals surface area contributed by atoms with Crippen molar-refractivity contribution in [3.8, 4) is 0 Å². The van der Waals surface area contributed by atoms with Crippen molar-refractivity contribution in [3.63, 3.8) is 0 Å². The molecule has 0 saturated heterocycles. The quantitative estimate of drug-likeness (QED) is 0.120. The largest absolute Gasteiger partial charge is 0.480 e. The molecule has 0 heterocycles. The number of rotatable bonds is 13. The van der Waals surface area contributed by atoms with Crippen LogP contribution in [0.3, 0.4) is 0 Å². The number of nitrogens with one attached hydrogen (secondary N) is 1. The van der Waals surface area contributed by atoms with Gasteiger partial charge in [-0.2, -0.15) is 0 Å². The number of carboxylic acid groups (broad SMARTS) is 2. The van der Waals surface area contributed by atoms with E-state index in [1.54, 1.807) is 24.3 Å². The van der Waals surface area contributed by atoms with Crippen molar-refractivity contribution in [2.24, 2.45) is 17.2 Å². The molecule has 9 N–H and O–H groups in total. The topological polar surface area (TPSA) is 261 Å². The maximum atomic E-state index is 11.8. The second-order valence-electron chi connectivity index (χ2n) is 9.02. The normalized spacial score (nSPS) is 12.6. The molecule has 0 radical (unpaired) electrons. The third-order valence-corrected chi connectivity index (χ3v) is 5.58. The molecule has 4 atom stereocenters. The standard InChI is InChI=1S/C14H18N2O5.C9H11NO2.C6H11NO4/c1-21-12(17)8-10(15)13(18)16-11(14(19)20)7-9-5-3-2-4-6-9;10-8(9(11)12)6-7-4-2-1-3-5-7;1-10-5(8)3-4(7)6(9)11-2/h2-6,10-11H,7-8,15H2,1H3,(H,16,18)(H,19,20);1-5,8H,6,10H2,(H,11,12);4H,3,7H2,1-2H3. The van der Waals surface area contributed by atoms with E-state index >= 15 is 0 Å². The molecule has 0 aliphatic carbocycles. The molecule has 2 rings (SSSR count). The number of carbonyl (C=O) groups excluding carboxylic acids is 4. The summed E-state index contributed by atoms with van der Waals surface area (Å²) in [5.41, 5.74) is 17.8. The van der Waals surface area contributed by atoms with Gasteiger partial charge in [-0.25, -0.2) is 4.79 Å². The molecule has 0 aliphatic rings. The fourth-order valence-electron chi connectivity index (χ4n) is 3.14. The van der Waals surface area contributed by atoms with Gasteiger partial charge in [-0.3, -0.25) is 24.0 Å². The van der Waals surface area contributed by atoms with E-state index in [0.717, 1.165) is 11.1 Å². The number of aliphatic carboxylic acids is 2. The van der Waals surface area contributed by atoms with Crippen LogP contribution in [0.25, 0.3) is 0 Å². The van der Waals surface area contributed by atoms with Gasteiger partial charge in [0.15, 0.2) is 0 Å². The first-order chi connectivity index (χ1) is 20.7. The van der Waals surface area contributed by atoms with Crippen molar-refractivity contribution in [1.82, 2.24) is 5.32 Å². The molecule has 1 amide bonds. The number of methoxy groups -OCH3 is 3. The molecule has 0 fully saturated rings. The minimum atomic E-state index is -1.17. The van der Waals surface area contributed by atoms with Gasteiger partial charge < -0.3 is 46.9 Å². The van der Waals surface area contributed by atoms with Crippen LogP contribution in [0.15, 0.2) is 60.7 Å². The number of amides is 1. The molecule has 2 aromatic carbocycles. The van der Waals surface area contributed by atoms with Gasteiger partial charge in [-0.1, -0.05) is 60.7 Å². The van der Waals surface area contributed by atoms with Gasteiger partial charge in [0.25, 0.3) is 0 Å². The van der Waals surface area contributed by atoms with E-state index in [1.165, 1.54) is 21.3 Å². The number of carbonyl (C=O) groups is 6. The van der Waals surface area contributed by atoms with Crippen LogP contribution in [0.5, 0.6) is 0 Å². The summed E-state index contributed by atoms with van der Waals surface area (Å²) in [7, 11) is 3.62. The summed E-state index contributed by atoms with van der Waals surface area (Å²) in [5, 5.41) is 20.0. The van der Waals surface area contributed by atoms with Gasteiger partial charge >= 0.3 is 29.8 Å². The first kappa shape index (κ1) is 39.1. The summed E-state index contributed by atoms with van der Waals surface area (Å²) < 4.78 is 13.0. The fourth-order valence-corrected chi connectivity index (χ4v) is 3.14. The van der Waals surface area contributed by atoms with E-state index in [-0.39, 0.29) is 19.3 Å². The van der Waals surface area contributed by atoms with Crippen molar-refractivity contribution < 1.29 is 53.2 Å². The maximum Gasteiger partial charge on any atom is 0.326 e. The van der Waals surface area contributed by atoms with Gasteiger partial charge in [-0.05, 0) is 17.5 Å². The molecule has 0 bridgehead atoms. The molecule has 44 heavy (non-hydrogen) atoms. The number of hydrogen-bond donors (Lipinski definition) is 6. The van der Waals surface area contributed by atoms with Crippen LogP contribution in [0.2, 0.25) is 0 Å². The van der Waals surface area contributed by atoms with Gasteiger partial charge in [0.2, 0.25) is 5.91 Å². The lowest BCUT2D eigenvalue weighted by atomic mass is 10.1. The minimum Gasteiger partial charge on any atom is -0.480 e. The predicted octanol–water partition coefficient (Wildman–Crippen LogP) is -0.620. The molecular formula is C29H40N4O11. The Kier molecular flexibility index (Phi) is 19.4. The SMILES string of the molecule is COC(=O)CC(N)C(=O)NC(Cc1ccccc1)C(=O)O.COC(=O)CC(N)C(=O)OC.NC(Cc1ccccc1)C(=O)O. The molecular weight excluding hydrogens is 580 g/mol. The average molecular weight is 621 g/mol. The molecule has 15 heteroatoms.